The smallest absolute Gasteiger partial charge is 0.276 e. The van der Waals surface area contributed by atoms with Gasteiger partial charge in [0.1, 0.15) is 0 Å². The van der Waals surface area contributed by atoms with Crippen LogP contribution in [0.2, 0.25) is 0 Å². The number of anilines is 1. The van der Waals surface area contributed by atoms with Gasteiger partial charge in [-0.1, -0.05) is 58.0 Å². The first-order valence-electron chi connectivity index (χ1n) is 7.77. The lowest BCUT2D eigenvalue weighted by molar-refractivity contribution is -0.122. The summed E-state index contributed by atoms with van der Waals surface area (Å²) in [6.07, 6.45) is 3.19. The van der Waals surface area contributed by atoms with E-state index in [1.165, 1.54) is 5.56 Å². The number of nitrogens with one attached hydrogen (secondary N) is 1. The molecule has 2 aromatic carbocycles. The van der Waals surface area contributed by atoms with Gasteiger partial charge in [-0.3, -0.25) is 20.0 Å². The van der Waals surface area contributed by atoms with E-state index in [1.54, 1.807) is 22.9 Å². The predicted molar refractivity (Wildman–Crippen MR) is 105 cm³/mol. The first-order chi connectivity index (χ1) is 12.2. The highest BCUT2D eigenvalue weighted by Gasteiger charge is 2.38. The van der Waals surface area contributed by atoms with Crippen LogP contribution in [0.25, 0.3) is 0 Å². The van der Waals surface area contributed by atoms with Crippen molar-refractivity contribution in [1.29, 1.82) is 0 Å². The Balaban J connectivity index is 1.48. The van der Waals surface area contributed by atoms with Crippen LogP contribution in [-0.4, -0.2) is 22.1 Å². The third-order valence-corrected chi connectivity index (χ3v) is 5.51. The summed E-state index contributed by atoms with van der Waals surface area (Å²) >= 11 is 5.02. The molecule has 1 atom stereocenters. The van der Waals surface area contributed by atoms with Crippen LogP contribution in [0, 0.1) is 0 Å². The molecule has 2 aliphatic rings. The average Bonchev–Trinajstić information content (AvgIpc) is 3.06. The summed E-state index contributed by atoms with van der Waals surface area (Å²) in [5, 5.41) is 5.14. The van der Waals surface area contributed by atoms with Gasteiger partial charge in [0, 0.05) is 28.3 Å². The summed E-state index contributed by atoms with van der Waals surface area (Å²) in [6, 6.07) is 17.9. The maximum atomic E-state index is 12.8. The van der Waals surface area contributed by atoms with Crippen LogP contribution < -0.4 is 10.3 Å². The minimum absolute atomic E-state index is 0.0520. The summed E-state index contributed by atoms with van der Waals surface area (Å²) in [5.41, 5.74) is 5.00. The quantitative estimate of drug-likeness (QED) is 0.831. The number of hydrogen-bond acceptors (Lipinski definition) is 5. The Bertz CT molecular complexity index is 838. The topological polar surface area (TPSA) is 47.9 Å². The molecule has 0 bridgehead atoms. The number of halogens is 1. The van der Waals surface area contributed by atoms with Crippen LogP contribution >= 0.6 is 27.7 Å². The van der Waals surface area contributed by atoms with Gasteiger partial charge >= 0.3 is 0 Å². The van der Waals surface area contributed by atoms with E-state index in [4.69, 9.17) is 0 Å². The van der Waals surface area contributed by atoms with Gasteiger partial charge in [0.2, 0.25) is 6.17 Å². The lowest BCUT2D eigenvalue weighted by atomic mass is 10.2. The maximum Gasteiger partial charge on any atom is 0.276 e. The molecule has 5 nitrogen and oxygen atoms in total. The largest absolute Gasteiger partial charge is 0.294 e. The van der Waals surface area contributed by atoms with Crippen LogP contribution in [0.4, 0.5) is 5.69 Å². The zero-order valence-electron chi connectivity index (χ0n) is 13.2. The maximum absolute atomic E-state index is 12.8. The third kappa shape index (κ3) is 3.29. The molecule has 2 heterocycles. The first kappa shape index (κ1) is 16.2. The predicted octanol–water partition coefficient (Wildman–Crippen LogP) is 3.70. The van der Waals surface area contributed by atoms with Crippen molar-refractivity contribution in [3.63, 3.8) is 0 Å². The molecule has 25 heavy (non-hydrogen) atoms. The molecule has 7 heteroatoms. The van der Waals surface area contributed by atoms with E-state index in [1.807, 2.05) is 53.6 Å². The molecule has 0 fully saturated rings. The highest BCUT2D eigenvalue weighted by molar-refractivity contribution is 9.10. The van der Waals surface area contributed by atoms with E-state index in [9.17, 15) is 4.79 Å². The van der Waals surface area contributed by atoms with Gasteiger partial charge in [-0.05, 0) is 29.8 Å². The van der Waals surface area contributed by atoms with E-state index in [0.29, 0.717) is 0 Å². The summed E-state index contributed by atoms with van der Waals surface area (Å²) in [4.78, 5) is 16.3. The normalized spacial score (nSPS) is 18.8. The standard InChI is InChI=1S/C18H15BrN4OS/c19-14-6-8-15(9-7-14)22-10-11-23-16(17(22)24)20-21-18(23)25-12-13-4-2-1-3-5-13/h1-11,16,20H,12H2. The molecule has 0 aliphatic carbocycles. The van der Waals surface area contributed by atoms with E-state index in [2.05, 4.69) is 38.6 Å². The minimum atomic E-state index is -0.494. The molecule has 0 saturated heterocycles. The SMILES string of the molecule is O=C1C2NN=C(SCc3ccccc3)N2C=CN1c1ccc(Br)cc1. The van der Waals surface area contributed by atoms with Crippen molar-refractivity contribution in [2.45, 2.75) is 11.9 Å². The van der Waals surface area contributed by atoms with Gasteiger partial charge in [0.15, 0.2) is 5.17 Å². The number of fused-ring (bicyclic) bond motifs is 1. The molecule has 0 radical (unpaired) electrons. The summed E-state index contributed by atoms with van der Waals surface area (Å²) in [5.74, 6) is 0.757. The molecule has 0 aromatic heterocycles. The van der Waals surface area contributed by atoms with Gasteiger partial charge in [-0.15, -0.1) is 0 Å². The van der Waals surface area contributed by atoms with Gasteiger partial charge in [0.05, 0.1) is 0 Å². The Kier molecular flexibility index (Phi) is 4.50. The van der Waals surface area contributed by atoms with Crippen molar-refractivity contribution in [2.75, 3.05) is 4.90 Å². The van der Waals surface area contributed by atoms with Crippen molar-refractivity contribution < 1.29 is 4.79 Å². The number of carbonyl (C=O) groups excluding carboxylic acids is 1. The van der Waals surface area contributed by atoms with Crippen LogP contribution in [-0.2, 0) is 10.5 Å². The second-order valence-corrected chi connectivity index (χ2v) is 7.45. The van der Waals surface area contributed by atoms with Crippen molar-refractivity contribution in [1.82, 2.24) is 10.3 Å². The lowest BCUT2D eigenvalue weighted by Crippen LogP contribution is -2.52. The molecule has 0 spiro atoms. The number of nitrogens with zero attached hydrogens (tertiary/aromatic N) is 3. The number of amidine groups is 1. The number of hydrazone groups is 1. The molecular weight excluding hydrogens is 400 g/mol. The summed E-state index contributed by atoms with van der Waals surface area (Å²) in [6.45, 7) is 0. The minimum Gasteiger partial charge on any atom is -0.294 e. The Labute approximate surface area is 158 Å². The number of rotatable bonds is 3. The number of amides is 1. The van der Waals surface area contributed by atoms with Crippen molar-refractivity contribution in [2.24, 2.45) is 5.10 Å². The fraction of sp³-hybridized carbons (Fsp3) is 0.111. The van der Waals surface area contributed by atoms with Crippen LogP contribution in [0.3, 0.4) is 0 Å². The zero-order chi connectivity index (χ0) is 17.2. The second-order valence-electron chi connectivity index (χ2n) is 5.59. The first-order valence-corrected chi connectivity index (χ1v) is 9.55. The third-order valence-electron chi connectivity index (χ3n) is 3.94. The Hall–Kier alpha value is -2.25. The fourth-order valence-corrected chi connectivity index (χ4v) is 3.84. The fourth-order valence-electron chi connectivity index (χ4n) is 2.66. The Morgan fingerprint density at radius 2 is 1.84 bits per heavy atom. The van der Waals surface area contributed by atoms with E-state index >= 15 is 0 Å². The highest BCUT2D eigenvalue weighted by Crippen LogP contribution is 2.27. The zero-order valence-corrected chi connectivity index (χ0v) is 15.6. The molecule has 1 unspecified atom stereocenters. The molecule has 126 valence electrons. The average molecular weight is 415 g/mol. The number of carbonyl (C=O) groups is 1. The number of thioether (sulfide) groups is 1. The molecule has 1 N–H and O–H groups in total. The van der Waals surface area contributed by atoms with Gasteiger partial charge in [0.25, 0.3) is 5.91 Å². The van der Waals surface area contributed by atoms with Crippen molar-refractivity contribution in [3.05, 3.63) is 77.0 Å². The molecular formula is C18H15BrN4OS. The monoisotopic (exact) mass is 414 g/mol. The molecule has 2 aliphatic heterocycles. The van der Waals surface area contributed by atoms with Crippen LogP contribution in [0.1, 0.15) is 5.56 Å². The Morgan fingerprint density at radius 1 is 1.08 bits per heavy atom. The number of benzene rings is 2. The van der Waals surface area contributed by atoms with E-state index < -0.39 is 6.17 Å². The van der Waals surface area contributed by atoms with Crippen molar-refractivity contribution in [3.8, 4) is 0 Å². The van der Waals surface area contributed by atoms with Gasteiger partial charge in [-0.2, -0.15) is 5.10 Å². The number of hydrogen-bond donors (Lipinski definition) is 1. The summed E-state index contributed by atoms with van der Waals surface area (Å²) in [7, 11) is 0. The summed E-state index contributed by atoms with van der Waals surface area (Å²) < 4.78 is 0.980. The van der Waals surface area contributed by atoms with Gasteiger partial charge < -0.3 is 0 Å². The Morgan fingerprint density at radius 3 is 2.60 bits per heavy atom. The molecule has 4 rings (SSSR count). The highest BCUT2D eigenvalue weighted by atomic mass is 79.9. The molecule has 1 amide bonds. The van der Waals surface area contributed by atoms with Crippen LogP contribution in [0.15, 0.2) is 76.6 Å². The van der Waals surface area contributed by atoms with E-state index in [0.717, 1.165) is 21.1 Å². The van der Waals surface area contributed by atoms with Crippen molar-refractivity contribution >= 4 is 44.5 Å². The lowest BCUT2D eigenvalue weighted by Gasteiger charge is -2.31. The van der Waals surface area contributed by atoms with Gasteiger partial charge in [-0.25, -0.2) is 0 Å². The van der Waals surface area contributed by atoms with E-state index in [-0.39, 0.29) is 5.91 Å². The van der Waals surface area contributed by atoms with Crippen LogP contribution in [0.5, 0.6) is 0 Å². The molecule has 0 saturated carbocycles. The second kappa shape index (κ2) is 6.93. The molecule has 2 aromatic rings.